The van der Waals surface area contributed by atoms with E-state index in [1.165, 1.54) is 12.5 Å². The van der Waals surface area contributed by atoms with Gasteiger partial charge in [0.1, 0.15) is 0 Å². The van der Waals surface area contributed by atoms with Gasteiger partial charge in [-0.15, -0.1) is 0 Å². The first-order valence-corrected chi connectivity index (χ1v) is 6.54. The molecule has 0 fully saturated rings. The molecule has 1 aromatic carbocycles. The molecule has 0 aliphatic rings. The van der Waals surface area contributed by atoms with Crippen molar-refractivity contribution in [2.45, 2.75) is 39.2 Å². The second kappa shape index (κ2) is 9.66. The van der Waals surface area contributed by atoms with Crippen LogP contribution in [0, 0.1) is 0 Å². The van der Waals surface area contributed by atoms with Gasteiger partial charge in [0.05, 0.1) is 13.2 Å². The van der Waals surface area contributed by atoms with Gasteiger partial charge in [0.25, 0.3) is 0 Å². The van der Waals surface area contributed by atoms with Crippen LogP contribution in [0.1, 0.15) is 38.2 Å². The zero-order chi connectivity index (χ0) is 13.1. The van der Waals surface area contributed by atoms with Crippen molar-refractivity contribution in [1.82, 2.24) is 0 Å². The van der Waals surface area contributed by atoms with E-state index in [-0.39, 0.29) is 5.97 Å². The molecule has 0 bridgehead atoms. The minimum atomic E-state index is -0.193. The third-order valence-corrected chi connectivity index (χ3v) is 2.60. The lowest BCUT2D eigenvalue weighted by atomic mass is 10.2. The molecule has 0 aliphatic heterocycles. The highest BCUT2D eigenvalue weighted by molar-refractivity contribution is 5.65. The molecule has 3 nitrogen and oxygen atoms in total. The Hall–Kier alpha value is -1.35. The average molecular weight is 250 g/mol. The summed E-state index contributed by atoms with van der Waals surface area (Å²) in [5.41, 5.74) is 1.22. The van der Waals surface area contributed by atoms with Crippen molar-refractivity contribution in [3.63, 3.8) is 0 Å². The standard InChI is InChI=1S/C15H22O3/c1-14(16)18-12-8-3-2-7-11-17-13-15-9-5-4-6-10-15/h4-6,9-10H,2-3,7-8,11-13H2,1H3. The van der Waals surface area contributed by atoms with Crippen LogP contribution in [0.4, 0.5) is 0 Å². The van der Waals surface area contributed by atoms with Crippen LogP contribution in [0.5, 0.6) is 0 Å². The second-order valence-electron chi connectivity index (χ2n) is 4.29. The van der Waals surface area contributed by atoms with Crippen molar-refractivity contribution in [2.75, 3.05) is 13.2 Å². The lowest BCUT2D eigenvalue weighted by molar-refractivity contribution is -0.141. The Kier molecular flexibility index (Phi) is 7.89. The average Bonchev–Trinajstić information content (AvgIpc) is 2.37. The number of hydrogen-bond acceptors (Lipinski definition) is 3. The summed E-state index contributed by atoms with van der Waals surface area (Å²) in [6.45, 7) is 3.47. The fourth-order valence-corrected chi connectivity index (χ4v) is 1.64. The van der Waals surface area contributed by atoms with Crippen LogP contribution in [-0.2, 0) is 20.9 Å². The highest BCUT2D eigenvalue weighted by atomic mass is 16.5. The van der Waals surface area contributed by atoms with Gasteiger partial charge in [-0.1, -0.05) is 36.8 Å². The summed E-state index contributed by atoms with van der Waals surface area (Å²) in [4.78, 5) is 10.5. The summed E-state index contributed by atoms with van der Waals surface area (Å²) in [5.74, 6) is -0.193. The SMILES string of the molecule is CC(=O)OCCCCCCOCc1ccccc1. The maximum absolute atomic E-state index is 10.5. The van der Waals surface area contributed by atoms with Gasteiger partial charge in [0.15, 0.2) is 0 Å². The van der Waals surface area contributed by atoms with E-state index in [2.05, 4.69) is 12.1 Å². The predicted molar refractivity (Wildman–Crippen MR) is 71.2 cm³/mol. The number of esters is 1. The van der Waals surface area contributed by atoms with Gasteiger partial charge >= 0.3 is 5.97 Å². The lowest BCUT2D eigenvalue weighted by Gasteiger charge is -2.04. The van der Waals surface area contributed by atoms with Crippen LogP contribution in [0.15, 0.2) is 30.3 Å². The third kappa shape index (κ3) is 7.85. The molecule has 0 saturated heterocycles. The smallest absolute Gasteiger partial charge is 0.302 e. The Bertz CT molecular complexity index is 322. The van der Waals surface area contributed by atoms with E-state index in [1.807, 2.05) is 18.2 Å². The van der Waals surface area contributed by atoms with Gasteiger partial charge in [-0.05, 0) is 24.8 Å². The van der Waals surface area contributed by atoms with Crippen LogP contribution in [0.3, 0.4) is 0 Å². The van der Waals surface area contributed by atoms with Crippen LogP contribution in [0.25, 0.3) is 0 Å². The summed E-state index contributed by atoms with van der Waals surface area (Å²) < 4.78 is 10.4. The van der Waals surface area contributed by atoms with E-state index >= 15 is 0 Å². The molecule has 0 saturated carbocycles. The van der Waals surface area contributed by atoms with E-state index in [0.29, 0.717) is 13.2 Å². The van der Waals surface area contributed by atoms with Crippen molar-refractivity contribution in [1.29, 1.82) is 0 Å². The van der Waals surface area contributed by atoms with Gasteiger partial charge in [0, 0.05) is 13.5 Å². The van der Waals surface area contributed by atoms with Crippen molar-refractivity contribution >= 4 is 5.97 Å². The van der Waals surface area contributed by atoms with Crippen LogP contribution in [-0.4, -0.2) is 19.2 Å². The van der Waals surface area contributed by atoms with Crippen molar-refractivity contribution in [2.24, 2.45) is 0 Å². The van der Waals surface area contributed by atoms with E-state index in [0.717, 1.165) is 32.3 Å². The molecular weight excluding hydrogens is 228 g/mol. The molecule has 100 valence electrons. The number of hydrogen-bond donors (Lipinski definition) is 0. The summed E-state index contributed by atoms with van der Waals surface area (Å²) in [5, 5.41) is 0. The minimum Gasteiger partial charge on any atom is -0.466 e. The zero-order valence-electron chi connectivity index (χ0n) is 11.1. The number of unbranched alkanes of at least 4 members (excludes halogenated alkanes) is 3. The van der Waals surface area contributed by atoms with Crippen molar-refractivity contribution < 1.29 is 14.3 Å². The highest BCUT2D eigenvalue weighted by Crippen LogP contribution is 2.04. The predicted octanol–water partition coefficient (Wildman–Crippen LogP) is 3.33. The molecule has 0 unspecified atom stereocenters. The molecule has 0 atom stereocenters. The van der Waals surface area contributed by atoms with Crippen LogP contribution in [0.2, 0.25) is 0 Å². The molecule has 1 rings (SSSR count). The van der Waals surface area contributed by atoms with Gasteiger partial charge in [-0.2, -0.15) is 0 Å². The van der Waals surface area contributed by atoms with Crippen molar-refractivity contribution in [3.05, 3.63) is 35.9 Å². The van der Waals surface area contributed by atoms with E-state index in [9.17, 15) is 4.79 Å². The molecule has 1 aromatic rings. The largest absolute Gasteiger partial charge is 0.466 e. The fraction of sp³-hybridized carbons (Fsp3) is 0.533. The molecule has 0 radical (unpaired) electrons. The highest BCUT2D eigenvalue weighted by Gasteiger charge is 1.95. The lowest BCUT2D eigenvalue weighted by Crippen LogP contribution is -2.00. The van der Waals surface area contributed by atoms with Gasteiger partial charge in [-0.25, -0.2) is 0 Å². The molecule has 3 heteroatoms. The topological polar surface area (TPSA) is 35.5 Å². The van der Waals surface area contributed by atoms with Crippen LogP contribution < -0.4 is 0 Å². The molecule has 0 N–H and O–H groups in total. The molecule has 0 spiro atoms. The molecule has 0 aromatic heterocycles. The minimum absolute atomic E-state index is 0.193. The molecule has 18 heavy (non-hydrogen) atoms. The zero-order valence-corrected chi connectivity index (χ0v) is 11.1. The Morgan fingerprint density at radius 3 is 2.33 bits per heavy atom. The number of carbonyl (C=O) groups is 1. The molecular formula is C15H22O3. The summed E-state index contributed by atoms with van der Waals surface area (Å²) in [7, 11) is 0. The van der Waals surface area contributed by atoms with E-state index < -0.39 is 0 Å². The Morgan fingerprint density at radius 1 is 1.00 bits per heavy atom. The first kappa shape index (κ1) is 14.7. The molecule has 0 aliphatic carbocycles. The first-order chi connectivity index (χ1) is 8.79. The number of carbonyl (C=O) groups excluding carboxylic acids is 1. The number of rotatable bonds is 9. The maximum Gasteiger partial charge on any atom is 0.302 e. The molecule has 0 amide bonds. The first-order valence-electron chi connectivity index (χ1n) is 6.54. The van der Waals surface area contributed by atoms with Crippen molar-refractivity contribution in [3.8, 4) is 0 Å². The fourth-order valence-electron chi connectivity index (χ4n) is 1.64. The summed E-state index contributed by atoms with van der Waals surface area (Å²) in [6.07, 6.45) is 4.21. The number of benzene rings is 1. The van der Waals surface area contributed by atoms with Crippen LogP contribution >= 0.6 is 0 Å². The third-order valence-electron chi connectivity index (χ3n) is 2.60. The quantitative estimate of drug-likeness (QED) is 0.498. The maximum atomic E-state index is 10.5. The Balaban J connectivity index is 1.86. The Labute approximate surface area is 109 Å². The summed E-state index contributed by atoms with van der Waals surface area (Å²) >= 11 is 0. The molecule has 0 heterocycles. The second-order valence-corrected chi connectivity index (χ2v) is 4.29. The van der Waals surface area contributed by atoms with E-state index in [4.69, 9.17) is 9.47 Å². The summed E-state index contributed by atoms with van der Waals surface area (Å²) in [6, 6.07) is 10.2. The van der Waals surface area contributed by atoms with Gasteiger partial charge in [0.2, 0.25) is 0 Å². The van der Waals surface area contributed by atoms with Gasteiger partial charge < -0.3 is 9.47 Å². The normalized spacial score (nSPS) is 10.3. The number of ether oxygens (including phenoxy) is 2. The van der Waals surface area contributed by atoms with Gasteiger partial charge in [-0.3, -0.25) is 4.79 Å². The Morgan fingerprint density at radius 2 is 1.67 bits per heavy atom. The van der Waals surface area contributed by atoms with E-state index in [1.54, 1.807) is 0 Å². The monoisotopic (exact) mass is 250 g/mol.